The summed E-state index contributed by atoms with van der Waals surface area (Å²) in [7, 11) is 1.86. The van der Waals surface area contributed by atoms with E-state index in [1.807, 2.05) is 16.8 Å². The number of amides is 2. The standard InChI is InChI=1S/C16H29N3O2/c1-13-4-9-19(10-5-13)16(21)14-6-11-18(12-7-14)15(20)3-8-17-2/h13-14,17H,3-12H2,1-2H3. The Hall–Kier alpha value is -1.10. The van der Waals surface area contributed by atoms with Gasteiger partial charge in [-0.15, -0.1) is 0 Å². The van der Waals surface area contributed by atoms with Gasteiger partial charge in [-0.2, -0.15) is 0 Å². The van der Waals surface area contributed by atoms with Gasteiger partial charge in [-0.3, -0.25) is 9.59 Å². The lowest BCUT2D eigenvalue weighted by atomic mass is 9.92. The molecule has 2 heterocycles. The third-order valence-corrected chi connectivity index (χ3v) is 4.88. The Bertz CT molecular complexity index is 357. The van der Waals surface area contributed by atoms with Crippen LogP contribution in [0.3, 0.4) is 0 Å². The molecule has 2 aliphatic rings. The van der Waals surface area contributed by atoms with E-state index >= 15 is 0 Å². The van der Waals surface area contributed by atoms with Crippen LogP contribution in [0, 0.1) is 11.8 Å². The van der Waals surface area contributed by atoms with Crippen molar-refractivity contribution in [2.75, 3.05) is 39.8 Å². The molecular weight excluding hydrogens is 266 g/mol. The second-order valence-corrected chi connectivity index (χ2v) is 6.52. The smallest absolute Gasteiger partial charge is 0.225 e. The molecular formula is C16H29N3O2. The molecule has 0 aromatic heterocycles. The Kier molecular flexibility index (Phi) is 6.03. The quantitative estimate of drug-likeness (QED) is 0.845. The lowest BCUT2D eigenvalue weighted by Crippen LogP contribution is -2.46. The van der Waals surface area contributed by atoms with E-state index in [1.165, 1.54) is 0 Å². The van der Waals surface area contributed by atoms with Crippen LogP contribution in [-0.2, 0) is 9.59 Å². The van der Waals surface area contributed by atoms with Crippen LogP contribution >= 0.6 is 0 Å². The number of likely N-dealkylation sites (tertiary alicyclic amines) is 2. The maximum atomic E-state index is 12.5. The van der Waals surface area contributed by atoms with Crippen molar-refractivity contribution < 1.29 is 9.59 Å². The summed E-state index contributed by atoms with van der Waals surface area (Å²) in [6.07, 6.45) is 4.48. The van der Waals surface area contributed by atoms with Crippen LogP contribution in [0.5, 0.6) is 0 Å². The van der Waals surface area contributed by atoms with Crippen LogP contribution in [0.4, 0.5) is 0 Å². The summed E-state index contributed by atoms with van der Waals surface area (Å²) in [5, 5.41) is 3.00. The Balaban J connectivity index is 1.75. The van der Waals surface area contributed by atoms with Gasteiger partial charge in [0.1, 0.15) is 0 Å². The van der Waals surface area contributed by atoms with Crippen LogP contribution < -0.4 is 5.32 Å². The number of nitrogens with zero attached hydrogens (tertiary/aromatic N) is 2. The van der Waals surface area contributed by atoms with Crippen LogP contribution in [0.25, 0.3) is 0 Å². The topological polar surface area (TPSA) is 52.7 Å². The molecule has 0 atom stereocenters. The average molecular weight is 295 g/mol. The second kappa shape index (κ2) is 7.78. The fourth-order valence-corrected chi connectivity index (χ4v) is 3.25. The molecule has 0 spiro atoms. The van der Waals surface area contributed by atoms with Gasteiger partial charge in [0.2, 0.25) is 11.8 Å². The van der Waals surface area contributed by atoms with E-state index in [0.29, 0.717) is 12.3 Å². The Labute approximate surface area is 128 Å². The fraction of sp³-hybridized carbons (Fsp3) is 0.875. The van der Waals surface area contributed by atoms with Gasteiger partial charge in [-0.05, 0) is 38.6 Å². The van der Waals surface area contributed by atoms with Crippen molar-refractivity contribution in [1.29, 1.82) is 0 Å². The summed E-state index contributed by atoms with van der Waals surface area (Å²) in [4.78, 5) is 28.4. The van der Waals surface area contributed by atoms with E-state index in [-0.39, 0.29) is 11.8 Å². The third-order valence-electron chi connectivity index (χ3n) is 4.88. The van der Waals surface area contributed by atoms with Gasteiger partial charge in [-0.25, -0.2) is 0 Å². The van der Waals surface area contributed by atoms with E-state index in [1.54, 1.807) is 0 Å². The number of carbonyl (C=O) groups is 2. The highest BCUT2D eigenvalue weighted by molar-refractivity contribution is 5.80. The molecule has 0 aromatic carbocycles. The molecule has 0 saturated carbocycles. The van der Waals surface area contributed by atoms with Crippen molar-refractivity contribution in [3.63, 3.8) is 0 Å². The minimum Gasteiger partial charge on any atom is -0.343 e. The molecule has 120 valence electrons. The van der Waals surface area contributed by atoms with E-state index in [0.717, 1.165) is 64.3 Å². The maximum absolute atomic E-state index is 12.5. The lowest BCUT2D eigenvalue weighted by molar-refractivity contribution is -0.141. The Morgan fingerprint density at radius 1 is 1.00 bits per heavy atom. The van der Waals surface area contributed by atoms with E-state index < -0.39 is 0 Å². The zero-order chi connectivity index (χ0) is 15.2. The number of carbonyl (C=O) groups excluding carboxylic acids is 2. The largest absolute Gasteiger partial charge is 0.343 e. The highest BCUT2D eigenvalue weighted by atomic mass is 16.2. The molecule has 0 unspecified atom stereocenters. The fourth-order valence-electron chi connectivity index (χ4n) is 3.25. The monoisotopic (exact) mass is 295 g/mol. The number of hydrogen-bond donors (Lipinski definition) is 1. The molecule has 0 radical (unpaired) electrons. The molecule has 5 heteroatoms. The van der Waals surface area contributed by atoms with E-state index in [4.69, 9.17) is 0 Å². The molecule has 1 N–H and O–H groups in total. The summed E-state index contributed by atoms with van der Waals surface area (Å²) < 4.78 is 0. The van der Waals surface area contributed by atoms with E-state index in [2.05, 4.69) is 12.2 Å². The molecule has 2 rings (SSSR count). The van der Waals surface area contributed by atoms with Crippen LogP contribution in [0.2, 0.25) is 0 Å². The zero-order valence-corrected chi connectivity index (χ0v) is 13.4. The average Bonchev–Trinajstić information content (AvgIpc) is 2.53. The van der Waals surface area contributed by atoms with Gasteiger partial charge in [0, 0.05) is 45.1 Å². The van der Waals surface area contributed by atoms with Crippen molar-refractivity contribution in [2.45, 2.75) is 39.0 Å². The minimum atomic E-state index is 0.131. The predicted molar refractivity (Wildman–Crippen MR) is 82.8 cm³/mol. The number of nitrogens with one attached hydrogen (secondary N) is 1. The maximum Gasteiger partial charge on any atom is 0.225 e. The lowest BCUT2D eigenvalue weighted by Gasteiger charge is -2.36. The SMILES string of the molecule is CNCCC(=O)N1CCC(C(=O)N2CCC(C)CC2)CC1. The zero-order valence-electron chi connectivity index (χ0n) is 13.4. The van der Waals surface area contributed by atoms with Crippen molar-refractivity contribution in [3.05, 3.63) is 0 Å². The summed E-state index contributed by atoms with van der Waals surface area (Å²) in [5.41, 5.74) is 0. The molecule has 21 heavy (non-hydrogen) atoms. The van der Waals surface area contributed by atoms with E-state index in [9.17, 15) is 9.59 Å². The molecule has 2 amide bonds. The highest BCUT2D eigenvalue weighted by Crippen LogP contribution is 2.23. The van der Waals surface area contributed by atoms with Crippen LogP contribution in [0.1, 0.15) is 39.0 Å². The summed E-state index contributed by atoms with van der Waals surface area (Å²) in [6.45, 7) is 6.30. The molecule has 2 saturated heterocycles. The van der Waals surface area contributed by atoms with Gasteiger partial charge in [-0.1, -0.05) is 6.92 Å². The van der Waals surface area contributed by atoms with Gasteiger partial charge in [0.15, 0.2) is 0 Å². The van der Waals surface area contributed by atoms with Gasteiger partial charge in [0.05, 0.1) is 0 Å². The number of piperidine rings is 2. The van der Waals surface area contributed by atoms with Crippen molar-refractivity contribution in [1.82, 2.24) is 15.1 Å². The first kappa shape index (κ1) is 16.3. The summed E-state index contributed by atoms with van der Waals surface area (Å²) in [6, 6.07) is 0. The Morgan fingerprint density at radius 3 is 2.14 bits per heavy atom. The molecule has 2 aliphatic heterocycles. The van der Waals surface area contributed by atoms with Crippen molar-refractivity contribution in [3.8, 4) is 0 Å². The first-order chi connectivity index (χ1) is 10.1. The molecule has 0 aliphatic carbocycles. The third kappa shape index (κ3) is 4.43. The second-order valence-electron chi connectivity index (χ2n) is 6.52. The normalized spacial score (nSPS) is 21.6. The predicted octanol–water partition coefficient (Wildman–Crippen LogP) is 1.09. The molecule has 2 fully saturated rings. The van der Waals surface area contributed by atoms with Crippen LogP contribution in [-0.4, -0.2) is 61.4 Å². The van der Waals surface area contributed by atoms with Gasteiger partial charge in [0.25, 0.3) is 0 Å². The van der Waals surface area contributed by atoms with Crippen LogP contribution in [0.15, 0.2) is 0 Å². The van der Waals surface area contributed by atoms with Crippen molar-refractivity contribution in [2.24, 2.45) is 11.8 Å². The number of hydrogen-bond acceptors (Lipinski definition) is 3. The van der Waals surface area contributed by atoms with Gasteiger partial charge >= 0.3 is 0 Å². The van der Waals surface area contributed by atoms with Crippen molar-refractivity contribution >= 4 is 11.8 Å². The first-order valence-electron chi connectivity index (χ1n) is 8.33. The van der Waals surface area contributed by atoms with Gasteiger partial charge < -0.3 is 15.1 Å². The first-order valence-corrected chi connectivity index (χ1v) is 8.33. The number of rotatable bonds is 4. The summed E-state index contributed by atoms with van der Waals surface area (Å²) in [5.74, 6) is 1.42. The minimum absolute atomic E-state index is 0.131. The molecule has 0 aromatic rings. The molecule has 0 bridgehead atoms. The molecule has 5 nitrogen and oxygen atoms in total. The highest BCUT2D eigenvalue weighted by Gasteiger charge is 2.31. The Morgan fingerprint density at radius 2 is 1.57 bits per heavy atom. The summed E-state index contributed by atoms with van der Waals surface area (Å²) >= 11 is 0.